The molecule has 0 bridgehead atoms. The van der Waals surface area contributed by atoms with Gasteiger partial charge >= 0.3 is 0 Å². The van der Waals surface area contributed by atoms with Crippen molar-refractivity contribution < 1.29 is 22.7 Å². The van der Waals surface area contributed by atoms with Crippen LogP contribution >= 0.6 is 0 Å². The average molecular weight is 340 g/mol. The topological polar surface area (TPSA) is 76.2 Å². The molecule has 2 heterocycles. The Labute approximate surface area is 135 Å². The summed E-state index contributed by atoms with van der Waals surface area (Å²) in [5.74, 6) is 1.12. The highest BCUT2D eigenvalue weighted by molar-refractivity contribution is 7.89. The molecule has 0 aliphatic carbocycles. The summed E-state index contributed by atoms with van der Waals surface area (Å²) >= 11 is 0. The molecule has 3 rings (SSSR count). The number of ether oxygens (including phenoxy) is 2. The van der Waals surface area contributed by atoms with Crippen LogP contribution in [0.2, 0.25) is 0 Å². The minimum Gasteiger partial charge on any atom is -0.485 e. The van der Waals surface area contributed by atoms with E-state index in [2.05, 4.69) is 0 Å². The standard InChI is InChI=1S/C15H20N2O5S/c1-2-23(19,20)17-9-7-16(8-10-17)15(18)14-11-21-12-5-3-4-6-13(12)22-14/h3-6,14H,2,7-11H2,1H3. The third-order valence-corrected chi connectivity index (χ3v) is 5.97. The van der Waals surface area contributed by atoms with Crippen LogP contribution in [-0.4, -0.2) is 68.2 Å². The SMILES string of the molecule is CCS(=O)(=O)N1CCN(C(=O)C2COc3ccccc3O2)CC1. The quantitative estimate of drug-likeness (QED) is 0.792. The number of hydrogen-bond donors (Lipinski definition) is 0. The van der Waals surface area contributed by atoms with Crippen molar-refractivity contribution in [2.75, 3.05) is 38.5 Å². The van der Waals surface area contributed by atoms with Crippen molar-refractivity contribution in [1.82, 2.24) is 9.21 Å². The average Bonchev–Trinajstić information content (AvgIpc) is 2.60. The zero-order valence-corrected chi connectivity index (χ0v) is 13.8. The molecule has 0 N–H and O–H groups in total. The molecule has 23 heavy (non-hydrogen) atoms. The van der Waals surface area contributed by atoms with Gasteiger partial charge in [0.1, 0.15) is 6.61 Å². The number of carbonyl (C=O) groups is 1. The molecule has 1 unspecified atom stereocenters. The molecule has 2 aliphatic rings. The number of benzene rings is 1. The lowest BCUT2D eigenvalue weighted by molar-refractivity contribution is -0.142. The monoisotopic (exact) mass is 340 g/mol. The van der Waals surface area contributed by atoms with Gasteiger partial charge in [-0.05, 0) is 19.1 Å². The van der Waals surface area contributed by atoms with E-state index in [0.29, 0.717) is 37.7 Å². The van der Waals surface area contributed by atoms with Crippen LogP contribution in [0.3, 0.4) is 0 Å². The summed E-state index contributed by atoms with van der Waals surface area (Å²) in [6, 6.07) is 7.23. The number of fused-ring (bicyclic) bond motifs is 1. The summed E-state index contributed by atoms with van der Waals surface area (Å²) in [7, 11) is -3.20. The smallest absolute Gasteiger partial charge is 0.267 e. The molecule has 0 radical (unpaired) electrons. The Hall–Kier alpha value is -1.80. The van der Waals surface area contributed by atoms with Crippen molar-refractivity contribution >= 4 is 15.9 Å². The van der Waals surface area contributed by atoms with Crippen LogP contribution in [0, 0.1) is 0 Å². The fourth-order valence-electron chi connectivity index (χ4n) is 2.71. The van der Waals surface area contributed by atoms with E-state index in [1.165, 1.54) is 4.31 Å². The summed E-state index contributed by atoms with van der Waals surface area (Å²) < 4.78 is 36.4. The molecule has 0 saturated carbocycles. The minimum absolute atomic E-state index is 0.0807. The number of nitrogens with zero attached hydrogens (tertiary/aromatic N) is 2. The van der Waals surface area contributed by atoms with E-state index >= 15 is 0 Å². The highest BCUT2D eigenvalue weighted by Gasteiger charge is 2.34. The Morgan fingerprint density at radius 3 is 2.48 bits per heavy atom. The van der Waals surface area contributed by atoms with Crippen LogP contribution in [0.25, 0.3) is 0 Å². The van der Waals surface area contributed by atoms with E-state index in [1.807, 2.05) is 12.1 Å². The Morgan fingerprint density at radius 2 is 1.83 bits per heavy atom. The largest absolute Gasteiger partial charge is 0.485 e. The van der Waals surface area contributed by atoms with E-state index in [1.54, 1.807) is 24.0 Å². The molecular formula is C15H20N2O5S. The molecule has 2 aliphatic heterocycles. The van der Waals surface area contributed by atoms with Gasteiger partial charge in [-0.3, -0.25) is 4.79 Å². The molecule has 1 amide bonds. The van der Waals surface area contributed by atoms with Crippen LogP contribution in [0.1, 0.15) is 6.92 Å². The fourth-order valence-corrected chi connectivity index (χ4v) is 3.80. The predicted molar refractivity (Wildman–Crippen MR) is 84.0 cm³/mol. The molecule has 7 nitrogen and oxygen atoms in total. The minimum atomic E-state index is -3.20. The van der Waals surface area contributed by atoms with Gasteiger partial charge in [0, 0.05) is 26.2 Å². The summed E-state index contributed by atoms with van der Waals surface area (Å²) in [5.41, 5.74) is 0. The maximum Gasteiger partial charge on any atom is 0.267 e. The molecule has 1 saturated heterocycles. The lowest BCUT2D eigenvalue weighted by atomic mass is 10.2. The van der Waals surface area contributed by atoms with Gasteiger partial charge in [0.25, 0.3) is 5.91 Å². The first kappa shape index (κ1) is 16.1. The summed E-state index contributed by atoms with van der Waals surface area (Å²) in [6.07, 6.45) is -0.681. The van der Waals surface area contributed by atoms with Crippen LogP contribution in [0.5, 0.6) is 11.5 Å². The fraction of sp³-hybridized carbons (Fsp3) is 0.533. The lowest BCUT2D eigenvalue weighted by Crippen LogP contribution is -2.55. The number of hydrogen-bond acceptors (Lipinski definition) is 5. The van der Waals surface area contributed by atoms with Crippen molar-refractivity contribution in [3.05, 3.63) is 24.3 Å². The second kappa shape index (κ2) is 6.37. The zero-order chi connectivity index (χ0) is 16.4. The van der Waals surface area contributed by atoms with Crippen LogP contribution in [-0.2, 0) is 14.8 Å². The second-order valence-corrected chi connectivity index (χ2v) is 7.75. The molecular weight excluding hydrogens is 320 g/mol. The zero-order valence-electron chi connectivity index (χ0n) is 13.0. The third kappa shape index (κ3) is 3.28. The van der Waals surface area contributed by atoms with E-state index in [4.69, 9.17) is 9.47 Å². The van der Waals surface area contributed by atoms with Crippen LogP contribution in [0.4, 0.5) is 0 Å². The van der Waals surface area contributed by atoms with Gasteiger partial charge in [-0.1, -0.05) is 12.1 Å². The first-order valence-electron chi connectivity index (χ1n) is 7.66. The number of para-hydroxylation sites is 2. The Balaban J connectivity index is 1.61. The van der Waals surface area contributed by atoms with E-state index < -0.39 is 16.1 Å². The molecule has 126 valence electrons. The normalized spacial score (nSPS) is 22.0. The van der Waals surface area contributed by atoms with Gasteiger partial charge in [-0.25, -0.2) is 8.42 Å². The van der Waals surface area contributed by atoms with Gasteiger partial charge in [0.15, 0.2) is 11.5 Å². The first-order valence-corrected chi connectivity index (χ1v) is 9.27. The Morgan fingerprint density at radius 1 is 1.17 bits per heavy atom. The number of rotatable bonds is 3. The van der Waals surface area contributed by atoms with Gasteiger partial charge in [0.05, 0.1) is 5.75 Å². The molecule has 0 aromatic heterocycles. The Bertz CT molecular complexity index is 683. The second-order valence-electron chi connectivity index (χ2n) is 5.49. The van der Waals surface area contributed by atoms with Crippen molar-refractivity contribution in [3.63, 3.8) is 0 Å². The molecule has 0 spiro atoms. The molecule has 8 heteroatoms. The molecule has 1 fully saturated rings. The maximum atomic E-state index is 12.5. The van der Waals surface area contributed by atoms with E-state index in [-0.39, 0.29) is 18.3 Å². The summed E-state index contributed by atoms with van der Waals surface area (Å²) in [5, 5.41) is 0. The highest BCUT2D eigenvalue weighted by atomic mass is 32.2. The highest BCUT2D eigenvalue weighted by Crippen LogP contribution is 2.31. The van der Waals surface area contributed by atoms with Crippen molar-refractivity contribution in [1.29, 1.82) is 0 Å². The maximum absolute atomic E-state index is 12.5. The van der Waals surface area contributed by atoms with Gasteiger partial charge in [-0.2, -0.15) is 4.31 Å². The number of sulfonamides is 1. The van der Waals surface area contributed by atoms with Crippen molar-refractivity contribution in [2.24, 2.45) is 0 Å². The van der Waals surface area contributed by atoms with Crippen molar-refractivity contribution in [3.8, 4) is 11.5 Å². The number of amides is 1. The number of piperazine rings is 1. The molecule has 1 aromatic carbocycles. The van der Waals surface area contributed by atoms with Gasteiger partial charge in [0.2, 0.25) is 16.1 Å². The first-order chi connectivity index (χ1) is 11.0. The van der Waals surface area contributed by atoms with E-state index in [9.17, 15) is 13.2 Å². The molecule has 1 aromatic rings. The third-order valence-electron chi connectivity index (χ3n) is 4.09. The molecule has 1 atom stereocenters. The predicted octanol–water partition coefficient (Wildman–Crippen LogP) is 0.320. The Kier molecular flexibility index (Phi) is 4.45. The lowest BCUT2D eigenvalue weighted by Gasteiger charge is -2.36. The van der Waals surface area contributed by atoms with Gasteiger partial charge < -0.3 is 14.4 Å². The van der Waals surface area contributed by atoms with Crippen LogP contribution < -0.4 is 9.47 Å². The van der Waals surface area contributed by atoms with Crippen molar-refractivity contribution in [2.45, 2.75) is 13.0 Å². The van der Waals surface area contributed by atoms with E-state index in [0.717, 1.165) is 0 Å². The van der Waals surface area contributed by atoms with Crippen LogP contribution in [0.15, 0.2) is 24.3 Å². The summed E-state index contributed by atoms with van der Waals surface area (Å²) in [4.78, 5) is 14.2. The number of carbonyl (C=O) groups excluding carboxylic acids is 1. The summed E-state index contributed by atoms with van der Waals surface area (Å²) in [6.45, 7) is 3.19. The van der Waals surface area contributed by atoms with Gasteiger partial charge in [-0.15, -0.1) is 0 Å².